The molecule has 0 aromatic heterocycles. The van der Waals surface area contributed by atoms with E-state index in [4.69, 9.17) is 9.84 Å². The van der Waals surface area contributed by atoms with Crippen molar-refractivity contribution in [2.24, 2.45) is 5.92 Å². The minimum absolute atomic E-state index is 0.169. The molecule has 1 aliphatic heterocycles. The topological polar surface area (TPSA) is 46.5 Å². The zero-order chi connectivity index (χ0) is 11.3. The van der Waals surface area contributed by atoms with Crippen LogP contribution in [0.3, 0.4) is 0 Å². The molecule has 3 nitrogen and oxygen atoms in total. The molecule has 1 heterocycles. The van der Waals surface area contributed by atoms with Crippen molar-refractivity contribution >= 4 is 5.97 Å². The van der Waals surface area contributed by atoms with Gasteiger partial charge >= 0.3 is 5.97 Å². The van der Waals surface area contributed by atoms with Crippen LogP contribution in [-0.4, -0.2) is 17.2 Å². The van der Waals surface area contributed by atoms with Crippen LogP contribution in [0.5, 0.6) is 5.75 Å². The van der Waals surface area contributed by atoms with E-state index in [1.54, 1.807) is 0 Å². The third-order valence-electron chi connectivity index (χ3n) is 3.46. The summed E-state index contributed by atoms with van der Waals surface area (Å²) >= 11 is 0. The molecule has 1 N–H and O–H groups in total. The second-order valence-electron chi connectivity index (χ2n) is 4.79. The summed E-state index contributed by atoms with van der Waals surface area (Å²) in [5, 5.41) is 8.90. The first-order chi connectivity index (χ1) is 7.65. The van der Waals surface area contributed by atoms with Gasteiger partial charge in [0.15, 0.2) is 0 Å². The van der Waals surface area contributed by atoms with Crippen molar-refractivity contribution in [1.29, 1.82) is 0 Å². The third kappa shape index (κ3) is 1.47. The molecule has 2 aliphatic rings. The first kappa shape index (κ1) is 9.70. The molecule has 0 spiro atoms. The molecule has 1 aliphatic carbocycles. The van der Waals surface area contributed by atoms with Crippen LogP contribution in [0.4, 0.5) is 0 Å². The maximum absolute atomic E-state index is 10.8. The fourth-order valence-corrected chi connectivity index (χ4v) is 2.51. The Labute approximate surface area is 94.0 Å². The molecule has 3 heteroatoms. The Balaban J connectivity index is 1.84. The lowest BCUT2D eigenvalue weighted by molar-refractivity contribution is -0.138. The first-order valence-electron chi connectivity index (χ1n) is 5.67. The molecule has 0 bridgehead atoms. The van der Waals surface area contributed by atoms with Crippen LogP contribution in [0.25, 0.3) is 0 Å². The predicted octanol–water partition coefficient (Wildman–Crippen LogP) is 2.20. The van der Waals surface area contributed by atoms with Crippen LogP contribution in [0.1, 0.15) is 30.4 Å². The highest BCUT2D eigenvalue weighted by atomic mass is 16.5. The smallest absolute Gasteiger partial charge is 0.307 e. The van der Waals surface area contributed by atoms with Crippen molar-refractivity contribution in [3.8, 4) is 5.75 Å². The van der Waals surface area contributed by atoms with Crippen molar-refractivity contribution in [3.05, 3.63) is 29.3 Å². The first-order valence-corrected chi connectivity index (χ1v) is 5.67. The molecular weight excluding hydrogens is 204 g/mol. The van der Waals surface area contributed by atoms with Gasteiger partial charge in [-0.1, -0.05) is 12.1 Å². The van der Waals surface area contributed by atoms with Crippen LogP contribution in [0.2, 0.25) is 0 Å². The molecular formula is C13H14O3. The fraction of sp³-hybridized carbons (Fsp3) is 0.462. The molecule has 16 heavy (non-hydrogen) atoms. The van der Waals surface area contributed by atoms with Crippen molar-refractivity contribution in [2.45, 2.75) is 31.8 Å². The quantitative estimate of drug-likeness (QED) is 0.827. The van der Waals surface area contributed by atoms with Gasteiger partial charge in [0.1, 0.15) is 11.9 Å². The van der Waals surface area contributed by atoms with Gasteiger partial charge in [-0.3, -0.25) is 4.79 Å². The molecule has 1 aromatic carbocycles. The number of hydrogen-bond acceptors (Lipinski definition) is 2. The molecule has 1 aromatic rings. The molecule has 3 rings (SSSR count). The number of carboxylic acid groups (broad SMARTS) is 1. The van der Waals surface area contributed by atoms with Gasteiger partial charge in [-0.25, -0.2) is 0 Å². The number of ether oxygens (including phenoxy) is 1. The van der Waals surface area contributed by atoms with Crippen LogP contribution in [0.15, 0.2) is 18.2 Å². The van der Waals surface area contributed by atoms with E-state index in [2.05, 4.69) is 13.0 Å². The summed E-state index contributed by atoms with van der Waals surface area (Å²) in [4.78, 5) is 10.8. The van der Waals surface area contributed by atoms with Crippen molar-refractivity contribution in [1.82, 2.24) is 0 Å². The number of carboxylic acids is 1. The van der Waals surface area contributed by atoms with E-state index in [1.807, 2.05) is 12.1 Å². The van der Waals surface area contributed by atoms with Crippen molar-refractivity contribution in [3.63, 3.8) is 0 Å². The summed E-state index contributed by atoms with van der Waals surface area (Å²) in [5.41, 5.74) is 2.38. The Hall–Kier alpha value is -1.51. The van der Waals surface area contributed by atoms with Gasteiger partial charge in [0.05, 0.1) is 5.92 Å². The summed E-state index contributed by atoms with van der Waals surface area (Å²) in [6.45, 7) is 2.05. The molecule has 1 unspecified atom stereocenters. The maximum atomic E-state index is 10.8. The molecule has 0 saturated heterocycles. The Morgan fingerprint density at radius 3 is 3.00 bits per heavy atom. The van der Waals surface area contributed by atoms with Crippen molar-refractivity contribution in [2.75, 3.05) is 0 Å². The number of hydrogen-bond donors (Lipinski definition) is 1. The van der Waals surface area contributed by atoms with Gasteiger partial charge in [0.25, 0.3) is 0 Å². The number of carbonyl (C=O) groups is 1. The summed E-state index contributed by atoms with van der Waals surface area (Å²) in [6, 6.07) is 6.10. The number of aliphatic carboxylic acids is 1. The molecule has 1 fully saturated rings. The van der Waals surface area contributed by atoms with Crippen LogP contribution in [0, 0.1) is 5.92 Å². The molecule has 0 amide bonds. The van der Waals surface area contributed by atoms with E-state index in [0.717, 1.165) is 24.2 Å². The normalized spacial score (nSPS) is 30.7. The van der Waals surface area contributed by atoms with Crippen LogP contribution >= 0.6 is 0 Å². The predicted molar refractivity (Wildman–Crippen MR) is 58.7 cm³/mol. The largest absolute Gasteiger partial charge is 0.490 e. The average Bonchev–Trinajstić information content (AvgIpc) is 2.94. The Bertz CT molecular complexity index is 452. The highest BCUT2D eigenvalue weighted by molar-refractivity contribution is 5.75. The Morgan fingerprint density at radius 2 is 2.31 bits per heavy atom. The van der Waals surface area contributed by atoms with Gasteiger partial charge in [-0.05, 0) is 36.5 Å². The lowest BCUT2D eigenvalue weighted by atomic mass is 10.0. The van der Waals surface area contributed by atoms with Crippen molar-refractivity contribution < 1.29 is 14.6 Å². The van der Waals surface area contributed by atoms with Crippen LogP contribution < -0.4 is 4.74 Å². The highest BCUT2D eigenvalue weighted by Crippen LogP contribution is 2.48. The van der Waals surface area contributed by atoms with Gasteiger partial charge < -0.3 is 9.84 Å². The summed E-state index contributed by atoms with van der Waals surface area (Å²) in [6.07, 6.45) is 1.97. The zero-order valence-electron chi connectivity index (χ0n) is 9.14. The maximum Gasteiger partial charge on any atom is 0.307 e. The SMILES string of the molecule is CC1Cc2cc([C@@H]3C[C@H]3C(=O)O)ccc2O1. The lowest BCUT2D eigenvalue weighted by Gasteiger charge is -2.03. The molecule has 3 atom stereocenters. The van der Waals surface area contributed by atoms with E-state index < -0.39 is 5.97 Å². The highest BCUT2D eigenvalue weighted by Gasteiger charge is 2.44. The Morgan fingerprint density at radius 1 is 1.50 bits per heavy atom. The van der Waals surface area contributed by atoms with Gasteiger partial charge in [-0.15, -0.1) is 0 Å². The van der Waals surface area contributed by atoms with Gasteiger partial charge in [-0.2, -0.15) is 0 Å². The second kappa shape index (κ2) is 3.24. The monoisotopic (exact) mass is 218 g/mol. The number of rotatable bonds is 2. The number of benzene rings is 1. The van der Waals surface area contributed by atoms with Gasteiger partial charge in [0, 0.05) is 6.42 Å². The molecule has 1 saturated carbocycles. The van der Waals surface area contributed by atoms with E-state index in [9.17, 15) is 4.79 Å². The summed E-state index contributed by atoms with van der Waals surface area (Å²) in [5.74, 6) is 0.343. The Kier molecular flexibility index (Phi) is 1.96. The van der Waals surface area contributed by atoms with E-state index in [1.165, 1.54) is 5.56 Å². The summed E-state index contributed by atoms with van der Waals surface area (Å²) in [7, 11) is 0. The third-order valence-corrected chi connectivity index (χ3v) is 3.46. The lowest BCUT2D eigenvalue weighted by Crippen LogP contribution is -2.05. The fourth-order valence-electron chi connectivity index (χ4n) is 2.51. The van der Waals surface area contributed by atoms with E-state index >= 15 is 0 Å². The average molecular weight is 218 g/mol. The number of fused-ring (bicyclic) bond motifs is 1. The standard InChI is InChI=1S/C13H14O3/c1-7-4-9-5-8(2-3-12(9)16-7)10-6-11(10)13(14)15/h2-3,5,7,10-11H,4,6H2,1H3,(H,14,15)/t7?,10-,11+/m0/s1. The molecule has 84 valence electrons. The van der Waals surface area contributed by atoms with E-state index in [0.29, 0.717) is 0 Å². The minimum atomic E-state index is -0.671. The minimum Gasteiger partial charge on any atom is -0.490 e. The molecule has 0 radical (unpaired) electrons. The zero-order valence-corrected chi connectivity index (χ0v) is 9.14. The van der Waals surface area contributed by atoms with Gasteiger partial charge in [0.2, 0.25) is 0 Å². The second-order valence-corrected chi connectivity index (χ2v) is 4.79. The van der Waals surface area contributed by atoms with Crippen LogP contribution in [-0.2, 0) is 11.2 Å². The van der Waals surface area contributed by atoms with E-state index in [-0.39, 0.29) is 17.9 Å². The summed E-state index contributed by atoms with van der Waals surface area (Å²) < 4.78 is 5.62.